The molecule has 0 aromatic heterocycles. The van der Waals surface area contributed by atoms with E-state index >= 15 is 0 Å². The average Bonchev–Trinajstić information content (AvgIpc) is 2.50. The zero-order valence-electron chi connectivity index (χ0n) is 9.14. The molecule has 0 aliphatic carbocycles. The monoisotopic (exact) mass is 361 g/mol. The van der Waals surface area contributed by atoms with E-state index in [4.69, 9.17) is 0 Å². The fourth-order valence-corrected chi connectivity index (χ4v) is 10.3. The van der Waals surface area contributed by atoms with Crippen molar-refractivity contribution in [3.63, 3.8) is 0 Å². The van der Waals surface area contributed by atoms with Gasteiger partial charge in [0.2, 0.25) is 0 Å². The second-order valence-electron chi connectivity index (χ2n) is 4.30. The molecule has 0 spiro atoms. The molecule has 1 atom stereocenters. The second-order valence-corrected chi connectivity index (χ2v) is 11.2. The van der Waals surface area contributed by atoms with Crippen LogP contribution >= 0.6 is 24.0 Å². The molecule has 3 heteroatoms. The topological polar surface area (TPSA) is 0 Å². The Labute approximate surface area is 111 Å². The molecule has 1 heterocycles. The van der Waals surface area contributed by atoms with Gasteiger partial charge in [0.05, 0.1) is 0 Å². The molecule has 0 nitrogen and oxygen atoms in total. The summed E-state index contributed by atoms with van der Waals surface area (Å²) in [4.78, 5) is 0. The van der Waals surface area contributed by atoms with Crippen molar-refractivity contribution in [3.8, 4) is 0 Å². The summed E-state index contributed by atoms with van der Waals surface area (Å²) in [7, 11) is -0.711. The summed E-state index contributed by atoms with van der Waals surface area (Å²) in [6.07, 6.45) is 4.75. The first-order valence-corrected chi connectivity index (χ1v) is 10.4. The summed E-state index contributed by atoms with van der Waals surface area (Å²) < 4.78 is 0. The van der Waals surface area contributed by atoms with Crippen LogP contribution in [0.1, 0.15) is 33.1 Å². The van der Waals surface area contributed by atoms with Crippen molar-refractivity contribution in [2.75, 3.05) is 0 Å². The van der Waals surface area contributed by atoms with E-state index in [1.54, 1.807) is 42.4 Å². The van der Waals surface area contributed by atoms with Crippen LogP contribution in [-0.2, 0) is 18.3 Å². The van der Waals surface area contributed by atoms with Crippen LogP contribution < -0.4 is 0 Å². The van der Waals surface area contributed by atoms with Crippen LogP contribution in [0.2, 0.25) is 28.7 Å². The molecule has 1 unspecified atom stereocenters. The van der Waals surface area contributed by atoms with Crippen molar-refractivity contribution in [3.05, 3.63) is 0 Å². The van der Waals surface area contributed by atoms with Crippen LogP contribution in [0.15, 0.2) is 0 Å². The van der Waals surface area contributed by atoms with Crippen LogP contribution in [0.4, 0.5) is 0 Å². The van der Waals surface area contributed by atoms with Crippen molar-refractivity contribution in [2.45, 2.75) is 61.8 Å². The minimum Gasteiger partial charge on any atom is -0.107 e. The van der Waals surface area contributed by atoms with Crippen LogP contribution in [-0.4, -0.2) is 8.07 Å². The molecule has 1 saturated heterocycles. The molecule has 1 rings (SSSR count). The van der Waals surface area contributed by atoms with Gasteiger partial charge in [-0.25, -0.2) is 0 Å². The van der Waals surface area contributed by atoms with Crippen LogP contribution in [0.3, 0.4) is 0 Å². The Kier molecular flexibility index (Phi) is 7.78. The Hall–Kier alpha value is 1.57. The third kappa shape index (κ3) is 3.27. The van der Waals surface area contributed by atoms with Crippen LogP contribution in [0.25, 0.3) is 0 Å². The molecule has 13 heavy (non-hydrogen) atoms. The van der Waals surface area contributed by atoms with Gasteiger partial charge < -0.3 is 0 Å². The minimum absolute atomic E-state index is 0. The Balaban J connectivity index is 0.00000144. The molecule has 75 valence electrons. The molecular formula is C10H22ISiZn. The summed E-state index contributed by atoms with van der Waals surface area (Å²) in [5.74, 6) is 0. The van der Waals surface area contributed by atoms with Gasteiger partial charge in [-0.3, -0.25) is 0 Å². The van der Waals surface area contributed by atoms with Gasteiger partial charge in [-0.15, -0.1) is 24.0 Å². The smallest absolute Gasteiger partial charge is 0.107 e. The standard InChI is InChI=1S/C10H21Si.HI.Zn/c1-4-10-8-7-9-11(10,5-2)6-3;;/h10H,1,4-9H2,2-3H3;1H;. The molecule has 0 N–H and O–H groups in total. The predicted octanol–water partition coefficient (Wildman–Crippen LogP) is 4.61. The van der Waals surface area contributed by atoms with E-state index in [1.807, 2.05) is 0 Å². The molecule has 0 bridgehead atoms. The third-order valence-electron chi connectivity index (χ3n) is 4.05. The van der Waals surface area contributed by atoms with Gasteiger partial charge in [-0.2, -0.15) is 0 Å². The second kappa shape index (κ2) is 6.95. The molecule has 0 amide bonds. The van der Waals surface area contributed by atoms with Gasteiger partial charge in [0.15, 0.2) is 0 Å². The van der Waals surface area contributed by atoms with Crippen molar-refractivity contribution < 1.29 is 18.3 Å². The number of hydrogen-bond acceptors (Lipinski definition) is 0. The molecule has 1 aliphatic heterocycles. The first-order chi connectivity index (χ1) is 5.79. The van der Waals surface area contributed by atoms with Crippen LogP contribution in [0.5, 0.6) is 0 Å². The van der Waals surface area contributed by atoms with E-state index in [9.17, 15) is 0 Å². The van der Waals surface area contributed by atoms with Crippen molar-refractivity contribution in [2.24, 2.45) is 0 Å². The quantitative estimate of drug-likeness (QED) is 0.506. The normalized spacial score (nSPS) is 25.7. The van der Waals surface area contributed by atoms with Gasteiger partial charge in [-0.05, 0) is 0 Å². The van der Waals surface area contributed by atoms with Crippen LogP contribution in [0, 0.1) is 0 Å². The fraction of sp³-hybridized carbons (Fsp3) is 1.00. The maximum atomic E-state index is 2.46. The minimum atomic E-state index is -0.711. The van der Waals surface area contributed by atoms with Gasteiger partial charge in [0.1, 0.15) is 0 Å². The van der Waals surface area contributed by atoms with E-state index in [2.05, 4.69) is 13.8 Å². The first-order valence-electron chi connectivity index (χ1n) is 5.58. The van der Waals surface area contributed by atoms with E-state index in [-0.39, 0.29) is 24.0 Å². The number of halogens is 1. The Morgan fingerprint density at radius 3 is 2.38 bits per heavy atom. The summed E-state index contributed by atoms with van der Waals surface area (Å²) in [5, 5.41) is 1.54. The Morgan fingerprint density at radius 1 is 1.31 bits per heavy atom. The first kappa shape index (κ1) is 14.6. The molecule has 1 aliphatic rings. The largest absolute Gasteiger partial charge is 0.107 e. The molecule has 1 fully saturated rings. The maximum Gasteiger partial charge on any atom is -0.107 e. The van der Waals surface area contributed by atoms with E-state index in [0.717, 1.165) is 0 Å². The maximum absolute atomic E-state index is 2.46. The molecule has 0 aromatic rings. The summed E-state index contributed by atoms with van der Waals surface area (Å²) in [5.41, 5.74) is 1.22. The predicted molar refractivity (Wildman–Crippen MR) is 69.3 cm³/mol. The van der Waals surface area contributed by atoms with Gasteiger partial charge in [-0.1, -0.05) is 0 Å². The fourth-order valence-electron chi connectivity index (χ4n) is 3.09. The molecular weight excluding hydrogens is 340 g/mol. The summed E-state index contributed by atoms with van der Waals surface area (Å²) >= 11 is 1.52. The SMILES string of the molecule is CC[Si]1(CC)CCCC1C[CH2][Zn].I. The van der Waals surface area contributed by atoms with Gasteiger partial charge in [0, 0.05) is 0 Å². The Bertz CT molecular complexity index is 137. The van der Waals surface area contributed by atoms with E-state index in [1.165, 1.54) is 23.8 Å². The third-order valence-corrected chi connectivity index (χ3v) is 11.4. The number of hydrogen-bond donors (Lipinski definition) is 0. The summed E-state index contributed by atoms with van der Waals surface area (Å²) in [6.45, 7) is 4.92. The average molecular weight is 363 g/mol. The van der Waals surface area contributed by atoms with E-state index in [0.29, 0.717) is 0 Å². The number of rotatable bonds is 4. The summed E-state index contributed by atoms with van der Waals surface area (Å²) in [6, 6.07) is 4.78. The van der Waals surface area contributed by atoms with Gasteiger partial charge in [0.25, 0.3) is 0 Å². The molecule has 0 saturated carbocycles. The van der Waals surface area contributed by atoms with E-state index < -0.39 is 8.07 Å². The van der Waals surface area contributed by atoms with Crippen molar-refractivity contribution >= 4 is 32.1 Å². The molecule has 0 aromatic carbocycles. The Morgan fingerprint density at radius 2 is 1.92 bits per heavy atom. The zero-order valence-corrected chi connectivity index (χ0v) is 15.4. The zero-order chi connectivity index (χ0) is 9.03. The molecule has 0 radical (unpaired) electrons. The van der Waals surface area contributed by atoms with Gasteiger partial charge >= 0.3 is 88.2 Å². The van der Waals surface area contributed by atoms with Crippen molar-refractivity contribution in [1.82, 2.24) is 0 Å². The van der Waals surface area contributed by atoms with Crippen molar-refractivity contribution in [1.29, 1.82) is 0 Å².